The molecule has 6 nitrogen and oxygen atoms in total. The quantitative estimate of drug-likeness (QED) is 0.738. The van der Waals surface area contributed by atoms with Crippen molar-refractivity contribution >= 4 is 0 Å². The van der Waals surface area contributed by atoms with Crippen LogP contribution in [0.2, 0.25) is 0 Å². The number of hydrogen-bond acceptors (Lipinski definition) is 5. The van der Waals surface area contributed by atoms with Crippen LogP contribution in [0.1, 0.15) is 11.8 Å². The fraction of sp³-hybridized carbons (Fsp3) is 0.727. The Kier molecular flexibility index (Phi) is 5.40. The first-order valence-electron chi connectivity index (χ1n) is 5.51. The Balaban J connectivity index is 2.85. The number of likely N-dealkylation sites (N-methyl/N-ethyl adjacent to an activating group) is 1. The standard InChI is InChI=1S/C11H21N3O3/c1-13(2)5-6-14-11(9(15)8-16-3)10(17-4)7-12-14/h7,9,15H,5-6,8H2,1-4H3. The molecule has 0 aliphatic heterocycles. The highest BCUT2D eigenvalue weighted by Gasteiger charge is 2.19. The predicted octanol–water partition coefficient (Wildman–Crippen LogP) is 0.133. The van der Waals surface area contributed by atoms with Gasteiger partial charge in [-0.05, 0) is 14.1 Å². The van der Waals surface area contributed by atoms with Crippen molar-refractivity contribution in [3.05, 3.63) is 11.9 Å². The van der Waals surface area contributed by atoms with E-state index in [2.05, 4.69) is 10.00 Å². The molecule has 0 saturated heterocycles. The molecule has 1 aromatic rings. The molecule has 1 N–H and O–H groups in total. The minimum Gasteiger partial charge on any atom is -0.493 e. The third-order valence-corrected chi connectivity index (χ3v) is 2.46. The maximum atomic E-state index is 9.99. The Morgan fingerprint density at radius 2 is 2.18 bits per heavy atom. The van der Waals surface area contributed by atoms with Crippen molar-refractivity contribution in [3.63, 3.8) is 0 Å². The number of aromatic nitrogens is 2. The van der Waals surface area contributed by atoms with Crippen molar-refractivity contribution in [1.29, 1.82) is 0 Å². The van der Waals surface area contributed by atoms with Gasteiger partial charge in [-0.2, -0.15) is 5.10 Å². The normalized spacial score (nSPS) is 13.1. The van der Waals surface area contributed by atoms with Gasteiger partial charge in [-0.25, -0.2) is 0 Å². The van der Waals surface area contributed by atoms with Crippen LogP contribution in [0.3, 0.4) is 0 Å². The summed E-state index contributed by atoms with van der Waals surface area (Å²) in [4.78, 5) is 2.06. The molecule has 0 radical (unpaired) electrons. The van der Waals surface area contributed by atoms with Crippen molar-refractivity contribution in [2.75, 3.05) is 41.5 Å². The fourth-order valence-corrected chi connectivity index (χ4v) is 1.58. The molecule has 0 aliphatic carbocycles. The van der Waals surface area contributed by atoms with Crippen LogP contribution in [-0.4, -0.2) is 61.3 Å². The summed E-state index contributed by atoms with van der Waals surface area (Å²) in [6.07, 6.45) is 0.892. The zero-order chi connectivity index (χ0) is 12.8. The Morgan fingerprint density at radius 3 is 2.71 bits per heavy atom. The van der Waals surface area contributed by atoms with Crippen LogP contribution in [0.5, 0.6) is 5.75 Å². The van der Waals surface area contributed by atoms with E-state index >= 15 is 0 Å². The summed E-state index contributed by atoms with van der Waals surface area (Å²) in [6, 6.07) is 0. The number of aliphatic hydroxyl groups excluding tert-OH is 1. The van der Waals surface area contributed by atoms with Crippen LogP contribution in [0, 0.1) is 0 Å². The summed E-state index contributed by atoms with van der Waals surface area (Å²) >= 11 is 0. The average molecular weight is 243 g/mol. The summed E-state index contributed by atoms with van der Waals surface area (Å²) in [6.45, 7) is 1.77. The van der Waals surface area contributed by atoms with Gasteiger partial charge in [-0.3, -0.25) is 4.68 Å². The predicted molar refractivity (Wildman–Crippen MR) is 64.2 cm³/mol. The molecular formula is C11H21N3O3. The van der Waals surface area contributed by atoms with Gasteiger partial charge in [0, 0.05) is 13.7 Å². The monoisotopic (exact) mass is 243 g/mol. The molecule has 1 aromatic heterocycles. The van der Waals surface area contributed by atoms with E-state index in [0.29, 0.717) is 18.0 Å². The van der Waals surface area contributed by atoms with Gasteiger partial charge in [0.25, 0.3) is 0 Å². The Hall–Kier alpha value is -1.11. The highest BCUT2D eigenvalue weighted by atomic mass is 16.5. The zero-order valence-electron chi connectivity index (χ0n) is 10.9. The van der Waals surface area contributed by atoms with Crippen molar-refractivity contribution in [2.45, 2.75) is 12.6 Å². The van der Waals surface area contributed by atoms with E-state index in [-0.39, 0.29) is 6.61 Å². The third kappa shape index (κ3) is 3.69. The number of ether oxygens (including phenoxy) is 2. The highest BCUT2D eigenvalue weighted by molar-refractivity contribution is 5.27. The lowest BCUT2D eigenvalue weighted by molar-refractivity contribution is 0.0566. The highest BCUT2D eigenvalue weighted by Crippen LogP contribution is 2.24. The number of aliphatic hydroxyl groups is 1. The zero-order valence-corrected chi connectivity index (χ0v) is 10.9. The van der Waals surface area contributed by atoms with E-state index in [1.165, 1.54) is 0 Å². The van der Waals surface area contributed by atoms with Crippen molar-refractivity contribution in [3.8, 4) is 5.75 Å². The summed E-state index contributed by atoms with van der Waals surface area (Å²) < 4.78 is 11.9. The first kappa shape index (κ1) is 14.0. The van der Waals surface area contributed by atoms with Crippen molar-refractivity contribution < 1.29 is 14.6 Å². The number of nitrogens with zero attached hydrogens (tertiary/aromatic N) is 3. The maximum Gasteiger partial charge on any atom is 0.162 e. The van der Waals surface area contributed by atoms with E-state index in [9.17, 15) is 5.11 Å². The van der Waals surface area contributed by atoms with Crippen LogP contribution >= 0.6 is 0 Å². The molecule has 0 fully saturated rings. The topological polar surface area (TPSA) is 59.8 Å². The largest absolute Gasteiger partial charge is 0.493 e. The molecule has 0 aliphatic rings. The van der Waals surface area contributed by atoms with E-state index < -0.39 is 6.10 Å². The number of rotatable bonds is 7. The number of hydrogen-bond donors (Lipinski definition) is 1. The average Bonchev–Trinajstić information content (AvgIpc) is 2.69. The van der Waals surface area contributed by atoms with Crippen molar-refractivity contribution in [2.24, 2.45) is 0 Å². The first-order chi connectivity index (χ1) is 8.10. The van der Waals surface area contributed by atoms with Crippen LogP contribution in [-0.2, 0) is 11.3 Å². The Bertz CT molecular complexity index is 339. The smallest absolute Gasteiger partial charge is 0.162 e. The molecule has 17 heavy (non-hydrogen) atoms. The van der Waals surface area contributed by atoms with Gasteiger partial charge < -0.3 is 19.5 Å². The second-order valence-corrected chi connectivity index (χ2v) is 4.10. The Morgan fingerprint density at radius 1 is 1.47 bits per heavy atom. The molecular weight excluding hydrogens is 222 g/mol. The molecule has 0 saturated carbocycles. The summed E-state index contributed by atoms with van der Waals surface area (Å²) in [5.74, 6) is 0.591. The van der Waals surface area contributed by atoms with Gasteiger partial charge in [0.2, 0.25) is 0 Å². The molecule has 1 heterocycles. The lowest BCUT2D eigenvalue weighted by Crippen LogP contribution is -2.22. The second-order valence-electron chi connectivity index (χ2n) is 4.10. The van der Waals surface area contributed by atoms with E-state index in [4.69, 9.17) is 9.47 Å². The molecule has 98 valence electrons. The lowest BCUT2D eigenvalue weighted by atomic mass is 10.2. The van der Waals surface area contributed by atoms with E-state index in [1.54, 1.807) is 25.1 Å². The lowest BCUT2D eigenvalue weighted by Gasteiger charge is -2.16. The van der Waals surface area contributed by atoms with E-state index in [0.717, 1.165) is 6.54 Å². The minimum atomic E-state index is -0.723. The third-order valence-electron chi connectivity index (χ3n) is 2.46. The van der Waals surface area contributed by atoms with Gasteiger partial charge in [0.05, 0.1) is 26.5 Å². The van der Waals surface area contributed by atoms with Crippen LogP contribution in [0.4, 0.5) is 0 Å². The SMILES string of the molecule is COCC(O)c1c(OC)cnn1CCN(C)C. The van der Waals surface area contributed by atoms with Crippen LogP contribution in [0.25, 0.3) is 0 Å². The molecule has 0 bridgehead atoms. The van der Waals surface area contributed by atoms with Gasteiger partial charge in [0.15, 0.2) is 5.75 Å². The van der Waals surface area contributed by atoms with Crippen LogP contribution in [0.15, 0.2) is 6.20 Å². The molecule has 1 unspecified atom stereocenters. The molecule has 1 atom stereocenters. The van der Waals surface area contributed by atoms with Crippen LogP contribution < -0.4 is 4.74 Å². The molecule has 6 heteroatoms. The first-order valence-corrected chi connectivity index (χ1v) is 5.51. The molecule has 0 amide bonds. The summed E-state index contributed by atoms with van der Waals surface area (Å²) in [5.41, 5.74) is 0.663. The molecule has 1 rings (SSSR count). The fourth-order valence-electron chi connectivity index (χ4n) is 1.58. The van der Waals surface area contributed by atoms with Gasteiger partial charge in [-0.1, -0.05) is 0 Å². The summed E-state index contributed by atoms with van der Waals surface area (Å²) in [5, 5.41) is 14.2. The summed E-state index contributed by atoms with van der Waals surface area (Å²) in [7, 11) is 7.10. The van der Waals surface area contributed by atoms with Gasteiger partial charge >= 0.3 is 0 Å². The van der Waals surface area contributed by atoms with E-state index in [1.807, 2.05) is 14.1 Å². The minimum absolute atomic E-state index is 0.226. The van der Waals surface area contributed by atoms with Gasteiger partial charge in [-0.15, -0.1) is 0 Å². The number of methoxy groups -OCH3 is 2. The maximum absolute atomic E-state index is 9.99. The van der Waals surface area contributed by atoms with Crippen molar-refractivity contribution in [1.82, 2.24) is 14.7 Å². The molecule has 0 spiro atoms. The molecule has 0 aromatic carbocycles. The second kappa shape index (κ2) is 6.58. The van der Waals surface area contributed by atoms with Gasteiger partial charge in [0.1, 0.15) is 11.8 Å². The Labute approximate surface area is 102 Å².